The molecule has 0 bridgehead atoms. The van der Waals surface area contributed by atoms with Crippen LogP contribution in [0.5, 0.6) is 11.5 Å². The second-order valence-electron chi connectivity index (χ2n) is 6.84. The third-order valence-electron chi connectivity index (χ3n) is 3.66. The van der Waals surface area contributed by atoms with E-state index < -0.39 is 5.60 Å². The molecule has 1 aromatic rings. The molecule has 1 fully saturated rings. The van der Waals surface area contributed by atoms with Gasteiger partial charge in [-0.3, -0.25) is 0 Å². The molecule has 0 aliphatic carbocycles. The fourth-order valence-corrected chi connectivity index (χ4v) is 2.59. The summed E-state index contributed by atoms with van der Waals surface area (Å²) in [7, 11) is 0. The lowest BCUT2D eigenvalue weighted by Crippen LogP contribution is -2.42. The molecule has 1 amide bonds. The van der Waals surface area contributed by atoms with E-state index in [-0.39, 0.29) is 11.8 Å². The van der Waals surface area contributed by atoms with E-state index in [0.717, 1.165) is 12.8 Å². The van der Waals surface area contributed by atoms with Crippen molar-refractivity contribution in [1.29, 1.82) is 0 Å². The van der Waals surface area contributed by atoms with E-state index in [4.69, 9.17) is 21.1 Å². The normalized spacial score (nSPS) is 16.3. The van der Waals surface area contributed by atoms with Gasteiger partial charge in [-0.05, 0) is 51.7 Å². The van der Waals surface area contributed by atoms with E-state index in [0.29, 0.717) is 36.4 Å². The molecule has 1 aromatic carbocycles. The van der Waals surface area contributed by atoms with Gasteiger partial charge in [-0.25, -0.2) is 4.79 Å². The third-order valence-corrected chi connectivity index (χ3v) is 3.97. The van der Waals surface area contributed by atoms with Crippen LogP contribution in [0.1, 0.15) is 33.6 Å². The summed E-state index contributed by atoms with van der Waals surface area (Å²) < 4.78 is 11.1. The average Bonchev–Trinajstić information content (AvgIpc) is 2.47. The Balaban J connectivity index is 1.79. The summed E-state index contributed by atoms with van der Waals surface area (Å²) in [6.07, 6.45) is 1.46. The number of benzene rings is 1. The van der Waals surface area contributed by atoms with Crippen LogP contribution in [0.4, 0.5) is 4.79 Å². The van der Waals surface area contributed by atoms with Crippen molar-refractivity contribution in [3.05, 3.63) is 23.2 Å². The Morgan fingerprint density at radius 1 is 1.35 bits per heavy atom. The predicted octanol–water partition coefficient (Wildman–Crippen LogP) is 4.07. The SMILES string of the molecule is CC(C)(C)OC(=O)N1CCC(COc2cc(O)ccc2Cl)CC1. The number of phenols is 1. The Bertz CT molecular complexity index is 548. The van der Waals surface area contributed by atoms with Gasteiger partial charge in [0, 0.05) is 19.2 Å². The topological polar surface area (TPSA) is 59.0 Å². The highest BCUT2D eigenvalue weighted by Crippen LogP contribution is 2.29. The lowest BCUT2D eigenvalue weighted by atomic mass is 9.98. The van der Waals surface area contributed by atoms with Gasteiger partial charge < -0.3 is 19.5 Å². The van der Waals surface area contributed by atoms with E-state index in [1.165, 1.54) is 12.1 Å². The van der Waals surface area contributed by atoms with E-state index >= 15 is 0 Å². The van der Waals surface area contributed by atoms with Crippen LogP contribution in [0.2, 0.25) is 5.02 Å². The number of nitrogens with zero attached hydrogens (tertiary/aromatic N) is 1. The first-order chi connectivity index (χ1) is 10.7. The number of aromatic hydroxyl groups is 1. The second-order valence-corrected chi connectivity index (χ2v) is 7.24. The number of hydrogen-bond acceptors (Lipinski definition) is 4. The van der Waals surface area contributed by atoms with Crippen molar-refractivity contribution in [3.8, 4) is 11.5 Å². The van der Waals surface area contributed by atoms with E-state index in [2.05, 4.69) is 0 Å². The summed E-state index contributed by atoms with van der Waals surface area (Å²) in [6, 6.07) is 4.64. The van der Waals surface area contributed by atoms with Crippen LogP contribution in [0, 0.1) is 5.92 Å². The van der Waals surface area contributed by atoms with Crippen molar-refractivity contribution in [2.75, 3.05) is 19.7 Å². The minimum absolute atomic E-state index is 0.129. The number of hydrogen-bond donors (Lipinski definition) is 1. The van der Waals surface area contributed by atoms with Gasteiger partial charge >= 0.3 is 6.09 Å². The maximum absolute atomic E-state index is 12.0. The van der Waals surface area contributed by atoms with Crippen LogP contribution in [0.15, 0.2) is 18.2 Å². The highest BCUT2D eigenvalue weighted by Gasteiger charge is 2.27. The van der Waals surface area contributed by atoms with Crippen molar-refractivity contribution >= 4 is 17.7 Å². The lowest BCUT2D eigenvalue weighted by Gasteiger charge is -2.33. The van der Waals surface area contributed by atoms with Gasteiger partial charge in [0.05, 0.1) is 11.6 Å². The first-order valence-corrected chi connectivity index (χ1v) is 8.21. The Hall–Kier alpha value is -1.62. The molecule has 0 unspecified atom stereocenters. The molecule has 0 aromatic heterocycles. The largest absolute Gasteiger partial charge is 0.508 e. The monoisotopic (exact) mass is 341 g/mol. The van der Waals surface area contributed by atoms with Crippen LogP contribution in [-0.2, 0) is 4.74 Å². The zero-order valence-electron chi connectivity index (χ0n) is 13.8. The number of carbonyl (C=O) groups is 1. The number of carbonyl (C=O) groups excluding carboxylic acids is 1. The molecular formula is C17H24ClNO4. The number of piperidine rings is 1. The Morgan fingerprint density at radius 2 is 2.00 bits per heavy atom. The molecule has 1 aliphatic rings. The summed E-state index contributed by atoms with van der Waals surface area (Å²) in [5, 5.41) is 9.95. The Labute approximate surface area is 142 Å². The summed E-state index contributed by atoms with van der Waals surface area (Å²) >= 11 is 6.03. The number of likely N-dealkylation sites (tertiary alicyclic amines) is 1. The summed E-state index contributed by atoms with van der Waals surface area (Å²) in [6.45, 7) is 7.44. The number of phenolic OH excluding ortho intramolecular Hbond substituents is 1. The molecule has 1 heterocycles. The highest BCUT2D eigenvalue weighted by atomic mass is 35.5. The molecule has 0 radical (unpaired) electrons. The van der Waals surface area contributed by atoms with Gasteiger partial charge in [0.2, 0.25) is 0 Å². The number of rotatable bonds is 3. The smallest absolute Gasteiger partial charge is 0.410 e. The summed E-state index contributed by atoms with van der Waals surface area (Å²) in [5.41, 5.74) is -0.469. The van der Waals surface area contributed by atoms with Crippen molar-refractivity contribution in [3.63, 3.8) is 0 Å². The molecule has 23 heavy (non-hydrogen) atoms. The van der Waals surface area contributed by atoms with Crippen LogP contribution in [0.3, 0.4) is 0 Å². The Morgan fingerprint density at radius 3 is 2.61 bits per heavy atom. The van der Waals surface area contributed by atoms with Crippen molar-refractivity contribution in [2.24, 2.45) is 5.92 Å². The second kappa shape index (κ2) is 7.30. The average molecular weight is 342 g/mol. The number of halogens is 1. The van der Waals surface area contributed by atoms with Gasteiger partial charge in [0.15, 0.2) is 0 Å². The lowest BCUT2D eigenvalue weighted by molar-refractivity contribution is 0.0165. The van der Waals surface area contributed by atoms with Crippen LogP contribution in [0.25, 0.3) is 0 Å². The molecule has 1 saturated heterocycles. The minimum Gasteiger partial charge on any atom is -0.508 e. The maximum atomic E-state index is 12.0. The van der Waals surface area contributed by atoms with Crippen molar-refractivity contribution < 1.29 is 19.4 Å². The molecular weight excluding hydrogens is 318 g/mol. The van der Waals surface area contributed by atoms with Gasteiger partial charge in [-0.2, -0.15) is 0 Å². The molecule has 5 nitrogen and oxygen atoms in total. The molecule has 1 N–H and O–H groups in total. The predicted molar refractivity (Wildman–Crippen MR) is 89.1 cm³/mol. The maximum Gasteiger partial charge on any atom is 0.410 e. The zero-order chi connectivity index (χ0) is 17.0. The quantitative estimate of drug-likeness (QED) is 0.900. The van der Waals surface area contributed by atoms with Gasteiger partial charge in [-0.1, -0.05) is 11.6 Å². The molecule has 0 atom stereocenters. The molecule has 6 heteroatoms. The van der Waals surface area contributed by atoms with E-state index in [1.54, 1.807) is 11.0 Å². The Kier molecular flexibility index (Phi) is 5.63. The first kappa shape index (κ1) is 17.7. The molecule has 1 aliphatic heterocycles. The van der Waals surface area contributed by atoms with Gasteiger partial charge in [-0.15, -0.1) is 0 Å². The van der Waals surface area contributed by atoms with Gasteiger partial charge in [0.25, 0.3) is 0 Å². The fourth-order valence-electron chi connectivity index (χ4n) is 2.42. The number of amides is 1. The molecule has 0 saturated carbocycles. The highest BCUT2D eigenvalue weighted by molar-refractivity contribution is 6.32. The van der Waals surface area contributed by atoms with Gasteiger partial charge in [0.1, 0.15) is 17.1 Å². The molecule has 2 rings (SSSR count). The van der Waals surface area contributed by atoms with E-state index in [1.807, 2.05) is 20.8 Å². The molecule has 0 spiro atoms. The van der Waals surface area contributed by atoms with E-state index in [9.17, 15) is 9.90 Å². The third kappa shape index (κ3) is 5.50. The zero-order valence-corrected chi connectivity index (χ0v) is 14.6. The van der Waals surface area contributed by atoms with Crippen molar-refractivity contribution in [2.45, 2.75) is 39.2 Å². The van der Waals surface area contributed by atoms with Crippen LogP contribution < -0.4 is 4.74 Å². The summed E-state index contributed by atoms with van der Waals surface area (Å²) in [5.74, 6) is 0.970. The standard InChI is InChI=1S/C17H24ClNO4/c1-17(2,3)23-16(21)19-8-6-12(7-9-19)11-22-15-10-13(20)4-5-14(15)18/h4-5,10,12,20H,6-9,11H2,1-3H3. The molecule has 128 valence electrons. The fraction of sp³-hybridized carbons (Fsp3) is 0.588. The van der Waals surface area contributed by atoms with Crippen LogP contribution in [-0.4, -0.2) is 41.4 Å². The first-order valence-electron chi connectivity index (χ1n) is 7.84. The van der Waals surface area contributed by atoms with Crippen LogP contribution >= 0.6 is 11.6 Å². The van der Waals surface area contributed by atoms with Crippen molar-refractivity contribution in [1.82, 2.24) is 4.90 Å². The minimum atomic E-state index is -0.469. The number of ether oxygens (including phenoxy) is 2. The summed E-state index contributed by atoms with van der Waals surface area (Å²) in [4.78, 5) is 13.7.